The smallest absolute Gasteiger partial charge is 0.238 e. The Kier molecular flexibility index (Phi) is 8.22. The number of carbonyl (C=O) groups is 1. The first-order chi connectivity index (χ1) is 10.0. The molecule has 1 aliphatic rings. The van der Waals surface area contributed by atoms with Crippen LogP contribution in [-0.2, 0) is 14.3 Å². The highest BCUT2D eigenvalue weighted by Crippen LogP contribution is 2.38. The maximum atomic E-state index is 12.0. The van der Waals surface area contributed by atoms with Gasteiger partial charge in [-0.25, -0.2) is 0 Å². The Morgan fingerprint density at radius 1 is 1.29 bits per heavy atom. The lowest BCUT2D eigenvalue weighted by Crippen LogP contribution is -2.60. The first-order valence-electron chi connectivity index (χ1n) is 8.26. The van der Waals surface area contributed by atoms with E-state index in [1.807, 2.05) is 0 Å². The van der Waals surface area contributed by atoms with Crippen LogP contribution in [0.1, 0.15) is 52.9 Å². The van der Waals surface area contributed by atoms with Crippen LogP contribution in [-0.4, -0.2) is 43.9 Å². The highest BCUT2D eigenvalue weighted by Gasteiger charge is 2.47. The van der Waals surface area contributed by atoms with Gasteiger partial charge in [0.1, 0.15) is 5.54 Å². The topological polar surface area (TPSA) is 73.6 Å². The number of hydrogen-bond acceptors (Lipinski definition) is 4. The minimum atomic E-state index is -0.545. The molecule has 0 heterocycles. The summed E-state index contributed by atoms with van der Waals surface area (Å²) in [5.74, 6) is 0.0546. The van der Waals surface area contributed by atoms with Crippen LogP contribution in [0.15, 0.2) is 0 Å². The fraction of sp³-hybridized carbons (Fsp3) is 0.938. The van der Waals surface area contributed by atoms with Gasteiger partial charge in [0.15, 0.2) is 0 Å². The van der Waals surface area contributed by atoms with Crippen molar-refractivity contribution in [3.63, 3.8) is 0 Å². The molecule has 0 aromatic rings. The lowest BCUT2D eigenvalue weighted by atomic mass is 9.83. The van der Waals surface area contributed by atoms with Gasteiger partial charge in [-0.2, -0.15) is 0 Å². The molecule has 1 aliphatic carbocycles. The van der Waals surface area contributed by atoms with E-state index in [0.29, 0.717) is 19.8 Å². The van der Waals surface area contributed by atoms with Crippen molar-refractivity contribution in [1.82, 2.24) is 5.32 Å². The molecular formula is C16H32N2O3. The molecule has 5 nitrogen and oxygen atoms in total. The quantitative estimate of drug-likeness (QED) is 0.571. The molecule has 1 fully saturated rings. The molecule has 0 spiro atoms. The number of nitrogens with two attached hydrogens (primary N) is 1. The van der Waals surface area contributed by atoms with Gasteiger partial charge in [0.2, 0.25) is 5.91 Å². The predicted octanol–water partition coefficient (Wildman–Crippen LogP) is 1.84. The number of ether oxygens (including phenoxy) is 2. The van der Waals surface area contributed by atoms with Crippen molar-refractivity contribution < 1.29 is 14.3 Å². The maximum absolute atomic E-state index is 12.0. The molecule has 2 atom stereocenters. The minimum absolute atomic E-state index is 0.218. The first kappa shape index (κ1) is 18.4. The van der Waals surface area contributed by atoms with Gasteiger partial charge in [0.05, 0.1) is 13.2 Å². The number of nitrogens with one attached hydrogen (secondary N) is 1. The molecule has 0 radical (unpaired) electrons. The summed E-state index contributed by atoms with van der Waals surface area (Å²) in [6.07, 6.45) is 4.83. The molecule has 0 aromatic heterocycles. The fourth-order valence-corrected chi connectivity index (χ4v) is 3.26. The molecule has 1 saturated carbocycles. The van der Waals surface area contributed by atoms with Crippen LogP contribution in [0.5, 0.6) is 0 Å². The summed E-state index contributed by atoms with van der Waals surface area (Å²) in [4.78, 5) is 12.0. The molecule has 1 amide bonds. The van der Waals surface area contributed by atoms with Crippen molar-refractivity contribution in [3.05, 3.63) is 0 Å². The normalized spacial score (nSPS) is 25.6. The van der Waals surface area contributed by atoms with E-state index in [2.05, 4.69) is 26.1 Å². The monoisotopic (exact) mass is 300 g/mol. The van der Waals surface area contributed by atoms with E-state index in [-0.39, 0.29) is 17.9 Å². The number of amides is 1. The van der Waals surface area contributed by atoms with E-state index < -0.39 is 5.54 Å². The third kappa shape index (κ3) is 5.57. The van der Waals surface area contributed by atoms with E-state index in [4.69, 9.17) is 15.2 Å². The van der Waals surface area contributed by atoms with Gasteiger partial charge in [0.25, 0.3) is 0 Å². The Morgan fingerprint density at radius 3 is 2.52 bits per heavy atom. The third-order valence-corrected chi connectivity index (χ3v) is 4.14. The minimum Gasteiger partial charge on any atom is -0.379 e. The van der Waals surface area contributed by atoms with Crippen LogP contribution in [0.4, 0.5) is 0 Å². The molecule has 5 heteroatoms. The Labute approximate surface area is 128 Å². The van der Waals surface area contributed by atoms with Crippen LogP contribution < -0.4 is 11.1 Å². The lowest BCUT2D eigenvalue weighted by Gasteiger charge is -2.35. The van der Waals surface area contributed by atoms with Gasteiger partial charge < -0.3 is 20.5 Å². The standard InChI is InChI=1S/C16H32N2O3/c1-4-9-20-11-12-21-10-7-14-6-5-8-16(14,15(17)19)18-13(2)3/h13-14,18H,4-12H2,1-3H3,(H2,17,19). The zero-order valence-electron chi connectivity index (χ0n) is 13.8. The average Bonchev–Trinajstić information content (AvgIpc) is 2.81. The maximum Gasteiger partial charge on any atom is 0.238 e. The molecule has 124 valence electrons. The third-order valence-electron chi connectivity index (χ3n) is 4.14. The van der Waals surface area contributed by atoms with Crippen molar-refractivity contribution in [2.24, 2.45) is 11.7 Å². The summed E-state index contributed by atoms with van der Waals surface area (Å²) in [6.45, 7) is 8.91. The molecule has 1 rings (SSSR count). The van der Waals surface area contributed by atoms with E-state index in [9.17, 15) is 4.79 Å². The highest BCUT2D eigenvalue weighted by atomic mass is 16.5. The second-order valence-electron chi connectivity index (χ2n) is 6.24. The van der Waals surface area contributed by atoms with Crippen LogP contribution in [0.3, 0.4) is 0 Å². The molecule has 21 heavy (non-hydrogen) atoms. The summed E-state index contributed by atoms with van der Waals surface area (Å²) in [7, 11) is 0. The Balaban J connectivity index is 2.36. The van der Waals surface area contributed by atoms with E-state index >= 15 is 0 Å². The van der Waals surface area contributed by atoms with Gasteiger partial charge in [-0.15, -0.1) is 0 Å². The lowest BCUT2D eigenvalue weighted by molar-refractivity contribution is -0.126. The Morgan fingerprint density at radius 2 is 1.95 bits per heavy atom. The average molecular weight is 300 g/mol. The van der Waals surface area contributed by atoms with E-state index in [0.717, 1.165) is 38.7 Å². The molecular weight excluding hydrogens is 268 g/mol. The van der Waals surface area contributed by atoms with Gasteiger partial charge in [0, 0.05) is 19.3 Å². The molecule has 0 aromatic carbocycles. The van der Waals surface area contributed by atoms with Crippen molar-refractivity contribution in [1.29, 1.82) is 0 Å². The van der Waals surface area contributed by atoms with Crippen LogP contribution in [0.2, 0.25) is 0 Å². The fourth-order valence-electron chi connectivity index (χ4n) is 3.26. The van der Waals surface area contributed by atoms with Crippen molar-refractivity contribution in [2.45, 2.75) is 64.5 Å². The van der Waals surface area contributed by atoms with Crippen molar-refractivity contribution in [3.8, 4) is 0 Å². The second kappa shape index (κ2) is 9.38. The van der Waals surface area contributed by atoms with E-state index in [1.165, 1.54) is 0 Å². The zero-order valence-corrected chi connectivity index (χ0v) is 13.8. The zero-order chi connectivity index (χ0) is 15.7. The molecule has 3 N–H and O–H groups in total. The van der Waals surface area contributed by atoms with Crippen LogP contribution >= 0.6 is 0 Å². The number of rotatable bonds is 11. The van der Waals surface area contributed by atoms with Crippen LogP contribution in [0.25, 0.3) is 0 Å². The molecule has 0 aliphatic heterocycles. The Bertz CT molecular complexity index is 310. The summed E-state index contributed by atoms with van der Waals surface area (Å²) in [5.41, 5.74) is 5.15. The molecule has 0 bridgehead atoms. The predicted molar refractivity (Wildman–Crippen MR) is 84.1 cm³/mol. The molecule has 2 unspecified atom stereocenters. The first-order valence-corrected chi connectivity index (χ1v) is 8.26. The van der Waals surface area contributed by atoms with Crippen molar-refractivity contribution in [2.75, 3.05) is 26.4 Å². The summed E-state index contributed by atoms with van der Waals surface area (Å²) in [6, 6.07) is 0.251. The summed E-state index contributed by atoms with van der Waals surface area (Å²) >= 11 is 0. The molecule has 0 saturated heterocycles. The highest BCUT2D eigenvalue weighted by molar-refractivity contribution is 5.85. The van der Waals surface area contributed by atoms with Crippen LogP contribution in [0, 0.1) is 5.92 Å². The SMILES string of the molecule is CCCOCCOCCC1CCCC1(NC(C)C)C(N)=O. The number of hydrogen-bond donors (Lipinski definition) is 2. The van der Waals surface area contributed by atoms with Gasteiger partial charge in [-0.05, 0) is 45.4 Å². The second-order valence-corrected chi connectivity index (χ2v) is 6.24. The van der Waals surface area contributed by atoms with Gasteiger partial charge in [-0.1, -0.05) is 13.3 Å². The van der Waals surface area contributed by atoms with Gasteiger partial charge >= 0.3 is 0 Å². The summed E-state index contributed by atoms with van der Waals surface area (Å²) < 4.78 is 11.0. The van der Waals surface area contributed by atoms with Gasteiger partial charge in [-0.3, -0.25) is 4.79 Å². The van der Waals surface area contributed by atoms with Crippen molar-refractivity contribution >= 4 is 5.91 Å². The number of carbonyl (C=O) groups excluding carboxylic acids is 1. The number of primary amides is 1. The van der Waals surface area contributed by atoms with E-state index in [1.54, 1.807) is 0 Å². The summed E-state index contributed by atoms with van der Waals surface area (Å²) in [5, 5.41) is 3.42. The Hall–Kier alpha value is -0.650. The largest absolute Gasteiger partial charge is 0.379 e.